The standard InChI is InChI=1S/C16H21N3O2S.2ClH/c1-11-13(18-15(21-11)12-3-6-22-8-12)7-14(20)19-5-4-16(2,9-17)10-19;;/h3,6,8H,4-5,7,9-10,17H2,1-2H3;2*1H. The maximum Gasteiger partial charge on any atom is 0.228 e. The van der Waals surface area contributed by atoms with E-state index in [-0.39, 0.29) is 36.1 Å². The highest BCUT2D eigenvalue weighted by atomic mass is 35.5. The molecule has 24 heavy (non-hydrogen) atoms. The van der Waals surface area contributed by atoms with Crippen molar-refractivity contribution in [1.29, 1.82) is 0 Å². The van der Waals surface area contributed by atoms with E-state index in [1.165, 1.54) is 0 Å². The molecule has 0 saturated carbocycles. The second kappa shape index (κ2) is 8.34. The summed E-state index contributed by atoms with van der Waals surface area (Å²) in [5, 5.41) is 3.97. The molecule has 0 aliphatic carbocycles. The van der Waals surface area contributed by atoms with Crippen LogP contribution >= 0.6 is 36.2 Å². The molecule has 2 N–H and O–H groups in total. The van der Waals surface area contributed by atoms with Gasteiger partial charge in [-0.1, -0.05) is 6.92 Å². The minimum Gasteiger partial charge on any atom is -0.441 e. The second-order valence-electron chi connectivity index (χ2n) is 6.29. The summed E-state index contributed by atoms with van der Waals surface area (Å²) in [7, 11) is 0. The monoisotopic (exact) mass is 391 g/mol. The molecule has 5 nitrogen and oxygen atoms in total. The molecule has 0 radical (unpaired) electrons. The topological polar surface area (TPSA) is 72.4 Å². The molecule has 1 aliphatic heterocycles. The molecule has 3 heterocycles. The van der Waals surface area contributed by atoms with Gasteiger partial charge < -0.3 is 15.1 Å². The fraction of sp³-hybridized carbons (Fsp3) is 0.500. The Balaban J connectivity index is 0.00000144. The Labute approximate surface area is 158 Å². The Kier molecular flexibility index (Phi) is 7.28. The van der Waals surface area contributed by atoms with Crippen LogP contribution in [0.3, 0.4) is 0 Å². The predicted molar refractivity (Wildman–Crippen MR) is 101 cm³/mol. The molecule has 1 fully saturated rings. The van der Waals surface area contributed by atoms with E-state index in [2.05, 4.69) is 11.9 Å². The van der Waals surface area contributed by atoms with Gasteiger partial charge in [-0.25, -0.2) is 4.98 Å². The van der Waals surface area contributed by atoms with Crippen molar-refractivity contribution < 1.29 is 9.21 Å². The summed E-state index contributed by atoms with van der Waals surface area (Å²) in [6.07, 6.45) is 1.26. The molecule has 1 saturated heterocycles. The average Bonchev–Trinajstić information content (AvgIpc) is 3.20. The lowest BCUT2D eigenvalue weighted by Gasteiger charge is -2.22. The zero-order valence-electron chi connectivity index (χ0n) is 13.8. The summed E-state index contributed by atoms with van der Waals surface area (Å²) in [4.78, 5) is 18.9. The minimum atomic E-state index is 0. The van der Waals surface area contributed by atoms with Gasteiger partial charge in [-0.15, -0.1) is 24.8 Å². The lowest BCUT2D eigenvalue weighted by Crippen LogP contribution is -2.35. The third-order valence-corrected chi connectivity index (χ3v) is 5.07. The number of carbonyl (C=O) groups excluding carboxylic acids is 1. The first-order valence-electron chi connectivity index (χ1n) is 7.47. The number of hydrogen-bond acceptors (Lipinski definition) is 5. The number of oxazole rings is 1. The molecule has 0 bridgehead atoms. The van der Waals surface area contributed by atoms with Gasteiger partial charge in [0.1, 0.15) is 5.76 Å². The summed E-state index contributed by atoms with van der Waals surface area (Å²) in [5.41, 5.74) is 7.54. The van der Waals surface area contributed by atoms with Gasteiger partial charge in [-0.05, 0) is 36.8 Å². The first-order chi connectivity index (χ1) is 10.5. The molecule has 0 spiro atoms. The number of likely N-dealkylation sites (tertiary alicyclic amines) is 1. The van der Waals surface area contributed by atoms with Crippen LogP contribution in [-0.2, 0) is 11.2 Å². The third kappa shape index (κ3) is 4.30. The van der Waals surface area contributed by atoms with Crippen LogP contribution in [0.2, 0.25) is 0 Å². The maximum atomic E-state index is 12.5. The lowest BCUT2D eigenvalue weighted by atomic mass is 9.90. The second-order valence-corrected chi connectivity index (χ2v) is 7.07. The molecule has 1 unspecified atom stereocenters. The van der Waals surface area contributed by atoms with Crippen LogP contribution < -0.4 is 5.73 Å². The lowest BCUT2D eigenvalue weighted by molar-refractivity contribution is -0.129. The molecule has 2 aromatic heterocycles. The van der Waals surface area contributed by atoms with Gasteiger partial charge in [-0.3, -0.25) is 4.79 Å². The Morgan fingerprint density at radius 3 is 2.83 bits per heavy atom. The maximum absolute atomic E-state index is 12.5. The van der Waals surface area contributed by atoms with Crippen molar-refractivity contribution in [2.24, 2.45) is 11.1 Å². The highest BCUT2D eigenvalue weighted by molar-refractivity contribution is 7.08. The summed E-state index contributed by atoms with van der Waals surface area (Å²) >= 11 is 1.60. The molecule has 1 aliphatic rings. The number of rotatable bonds is 4. The highest BCUT2D eigenvalue weighted by Gasteiger charge is 2.35. The molecule has 8 heteroatoms. The molecule has 1 amide bonds. The fourth-order valence-electron chi connectivity index (χ4n) is 2.76. The first-order valence-corrected chi connectivity index (χ1v) is 8.42. The summed E-state index contributed by atoms with van der Waals surface area (Å²) in [5.74, 6) is 1.41. The van der Waals surface area contributed by atoms with Crippen LogP contribution in [0.4, 0.5) is 0 Å². The number of thiophene rings is 1. The van der Waals surface area contributed by atoms with Crippen molar-refractivity contribution in [2.75, 3.05) is 19.6 Å². The number of amides is 1. The van der Waals surface area contributed by atoms with Gasteiger partial charge in [0.15, 0.2) is 0 Å². The number of aryl methyl sites for hydroxylation is 1. The van der Waals surface area contributed by atoms with Crippen molar-refractivity contribution >= 4 is 42.1 Å². The largest absolute Gasteiger partial charge is 0.441 e. The molecule has 2 aromatic rings. The van der Waals surface area contributed by atoms with Crippen molar-refractivity contribution in [2.45, 2.75) is 26.7 Å². The van der Waals surface area contributed by atoms with E-state index in [4.69, 9.17) is 10.2 Å². The number of nitrogens with zero attached hydrogens (tertiary/aromatic N) is 2. The number of halogens is 2. The van der Waals surface area contributed by atoms with Crippen LogP contribution in [0.1, 0.15) is 24.8 Å². The van der Waals surface area contributed by atoms with Crippen molar-refractivity contribution in [3.05, 3.63) is 28.3 Å². The zero-order valence-corrected chi connectivity index (χ0v) is 16.2. The minimum absolute atomic E-state index is 0. The Hall–Kier alpha value is -1.08. The summed E-state index contributed by atoms with van der Waals surface area (Å²) in [6.45, 7) is 6.12. The van der Waals surface area contributed by atoms with E-state index in [0.29, 0.717) is 18.9 Å². The van der Waals surface area contributed by atoms with Crippen molar-refractivity contribution in [3.63, 3.8) is 0 Å². The Morgan fingerprint density at radius 2 is 2.25 bits per heavy atom. The van der Waals surface area contributed by atoms with E-state index in [1.54, 1.807) is 11.3 Å². The van der Waals surface area contributed by atoms with Gasteiger partial charge in [0.05, 0.1) is 12.1 Å². The normalized spacial score (nSPS) is 19.7. The molecule has 3 rings (SSSR count). The van der Waals surface area contributed by atoms with E-state index >= 15 is 0 Å². The third-order valence-electron chi connectivity index (χ3n) is 4.38. The zero-order chi connectivity index (χ0) is 15.7. The number of carbonyl (C=O) groups is 1. The molecular formula is C16H23Cl2N3O2S. The fourth-order valence-corrected chi connectivity index (χ4v) is 3.39. The highest BCUT2D eigenvalue weighted by Crippen LogP contribution is 2.29. The van der Waals surface area contributed by atoms with Gasteiger partial charge in [0.2, 0.25) is 11.8 Å². The number of aromatic nitrogens is 1. The van der Waals surface area contributed by atoms with Gasteiger partial charge >= 0.3 is 0 Å². The quantitative estimate of drug-likeness (QED) is 0.867. The van der Waals surface area contributed by atoms with Crippen LogP contribution in [0.15, 0.2) is 21.2 Å². The van der Waals surface area contributed by atoms with Crippen LogP contribution in [0, 0.1) is 12.3 Å². The smallest absolute Gasteiger partial charge is 0.228 e. The number of nitrogens with two attached hydrogens (primary N) is 1. The van der Waals surface area contributed by atoms with E-state index in [0.717, 1.165) is 36.5 Å². The van der Waals surface area contributed by atoms with E-state index in [9.17, 15) is 4.79 Å². The van der Waals surface area contributed by atoms with Crippen molar-refractivity contribution in [1.82, 2.24) is 9.88 Å². The Morgan fingerprint density at radius 1 is 1.50 bits per heavy atom. The van der Waals surface area contributed by atoms with Crippen LogP contribution in [0.25, 0.3) is 11.5 Å². The summed E-state index contributed by atoms with van der Waals surface area (Å²) < 4.78 is 5.69. The summed E-state index contributed by atoms with van der Waals surface area (Å²) in [6, 6.07) is 1.97. The molecule has 134 valence electrons. The number of hydrogen-bond donors (Lipinski definition) is 1. The van der Waals surface area contributed by atoms with E-state index < -0.39 is 0 Å². The molecule has 0 aromatic carbocycles. The SMILES string of the molecule is Cc1oc(-c2ccsc2)nc1CC(=O)N1CCC(C)(CN)C1.Cl.Cl. The van der Waals surface area contributed by atoms with E-state index in [1.807, 2.05) is 28.7 Å². The van der Waals surface area contributed by atoms with Gasteiger partial charge in [0.25, 0.3) is 0 Å². The molecular weight excluding hydrogens is 369 g/mol. The van der Waals surface area contributed by atoms with Crippen LogP contribution in [-0.4, -0.2) is 35.4 Å². The first kappa shape index (κ1) is 21.0. The van der Waals surface area contributed by atoms with Gasteiger partial charge in [-0.2, -0.15) is 11.3 Å². The van der Waals surface area contributed by atoms with Gasteiger partial charge in [0, 0.05) is 24.0 Å². The predicted octanol–water partition coefficient (Wildman–Crippen LogP) is 3.29. The average molecular weight is 392 g/mol. The Bertz CT molecular complexity index is 675. The van der Waals surface area contributed by atoms with Crippen molar-refractivity contribution in [3.8, 4) is 11.5 Å². The molecule has 1 atom stereocenters. The van der Waals surface area contributed by atoms with Crippen LogP contribution in [0.5, 0.6) is 0 Å².